The second-order valence-corrected chi connectivity index (χ2v) is 2.60. The van der Waals surface area contributed by atoms with Gasteiger partial charge in [-0.1, -0.05) is 0 Å². The molecule has 2 N–H and O–H groups in total. The molecule has 0 radical (unpaired) electrons. The van der Waals surface area contributed by atoms with Gasteiger partial charge in [0.05, 0.1) is 0 Å². The summed E-state index contributed by atoms with van der Waals surface area (Å²) < 4.78 is -0.919. The van der Waals surface area contributed by atoms with Gasteiger partial charge in [-0.05, 0) is 33.0 Å². The van der Waals surface area contributed by atoms with Crippen molar-refractivity contribution in [2.45, 2.75) is 3.79 Å². The minimum Gasteiger partial charge on any atom is -0.277 e. The quantitative estimate of drug-likeness (QED) is 0.359. The molecule has 0 saturated carbocycles. The Labute approximate surface area is 53.2 Å². The van der Waals surface area contributed by atoms with Crippen molar-refractivity contribution in [1.82, 2.24) is 0 Å². The molecule has 6 heteroatoms. The highest BCUT2D eigenvalue weighted by atomic mass is 127. The van der Waals surface area contributed by atoms with E-state index in [1.165, 1.54) is 0 Å². The third-order valence-corrected chi connectivity index (χ3v) is 0.841. The lowest BCUT2D eigenvalue weighted by Gasteiger charge is -1.97. The molecule has 5 nitrogen and oxygen atoms in total. The molecule has 0 aromatic carbocycles. The number of nitrogens with zero attached hydrogens (tertiary/aromatic N) is 4. The highest BCUT2D eigenvalue weighted by Crippen LogP contribution is 2.20. The Hall–Kier alpha value is -0.110. The van der Waals surface area contributed by atoms with Crippen LogP contribution in [-0.2, 0) is 0 Å². The van der Waals surface area contributed by atoms with Gasteiger partial charge in [0.2, 0.25) is 0 Å². The zero-order valence-electron chi connectivity index (χ0n) is 3.24. The van der Waals surface area contributed by atoms with Gasteiger partial charge < -0.3 is 0 Å². The van der Waals surface area contributed by atoms with Crippen LogP contribution in [0, 0.1) is 0 Å². The van der Waals surface area contributed by atoms with Crippen LogP contribution in [0.15, 0.2) is 20.7 Å². The predicted molar refractivity (Wildman–Crippen MR) is 30.7 cm³/mol. The van der Waals surface area contributed by atoms with E-state index >= 15 is 0 Å². The maximum Gasteiger partial charge on any atom is 0.295 e. The van der Waals surface area contributed by atoms with Crippen molar-refractivity contribution in [1.29, 1.82) is 0 Å². The lowest BCUT2D eigenvalue weighted by atomic mass is 11.0. The Morgan fingerprint density at radius 1 is 1.29 bits per heavy atom. The smallest absolute Gasteiger partial charge is 0.277 e. The van der Waals surface area contributed by atoms with Gasteiger partial charge in [0, 0.05) is 0 Å². The molecule has 1 aliphatic rings. The van der Waals surface area contributed by atoms with Crippen LogP contribution in [-0.4, -0.2) is 3.79 Å². The maximum atomic E-state index is 5.24. The van der Waals surface area contributed by atoms with Crippen molar-refractivity contribution >= 4 is 22.6 Å². The zero-order chi connectivity index (χ0) is 5.33. The molecular formula is CH2IN5. The Kier molecular flexibility index (Phi) is 1.04. The van der Waals surface area contributed by atoms with Crippen molar-refractivity contribution in [3.63, 3.8) is 0 Å². The predicted octanol–water partition coefficient (Wildman–Crippen LogP) is 0.824. The Morgan fingerprint density at radius 2 is 1.71 bits per heavy atom. The van der Waals surface area contributed by atoms with E-state index in [2.05, 4.69) is 20.7 Å². The molecule has 0 bridgehead atoms. The SMILES string of the molecule is NC1(I)N=NN=N1. The number of halogens is 1. The summed E-state index contributed by atoms with van der Waals surface area (Å²) in [6.07, 6.45) is 0. The normalized spacial score (nSPS) is 23.7. The molecule has 0 aromatic heterocycles. The maximum absolute atomic E-state index is 5.24. The summed E-state index contributed by atoms with van der Waals surface area (Å²) in [6, 6.07) is 0. The van der Waals surface area contributed by atoms with E-state index < -0.39 is 3.79 Å². The molecule has 0 aliphatic carbocycles. The molecule has 0 saturated heterocycles. The fourth-order valence-corrected chi connectivity index (χ4v) is 0.378. The first kappa shape index (κ1) is 5.04. The molecule has 38 valence electrons. The largest absolute Gasteiger partial charge is 0.295 e. The van der Waals surface area contributed by atoms with Crippen LogP contribution in [0.3, 0.4) is 0 Å². The Balaban J connectivity index is 2.77. The molecule has 0 unspecified atom stereocenters. The molecule has 1 rings (SSSR count). The van der Waals surface area contributed by atoms with Gasteiger partial charge in [-0.2, -0.15) is 0 Å². The first-order valence-electron chi connectivity index (χ1n) is 1.52. The average Bonchev–Trinajstić information content (AvgIpc) is 1.84. The summed E-state index contributed by atoms with van der Waals surface area (Å²) in [4.78, 5) is 0. The van der Waals surface area contributed by atoms with Crippen LogP contribution in [0.1, 0.15) is 0 Å². The van der Waals surface area contributed by atoms with Crippen LogP contribution >= 0.6 is 22.6 Å². The first-order valence-corrected chi connectivity index (χ1v) is 2.60. The highest BCUT2D eigenvalue weighted by Gasteiger charge is 2.21. The van der Waals surface area contributed by atoms with E-state index in [1.54, 1.807) is 0 Å². The Morgan fingerprint density at radius 3 is 1.86 bits per heavy atom. The minimum atomic E-state index is -0.919. The van der Waals surface area contributed by atoms with Gasteiger partial charge in [0.1, 0.15) is 0 Å². The van der Waals surface area contributed by atoms with Crippen molar-refractivity contribution in [3.05, 3.63) is 0 Å². The van der Waals surface area contributed by atoms with E-state index in [4.69, 9.17) is 5.73 Å². The Bertz CT molecular complexity index is 110. The molecule has 0 amide bonds. The van der Waals surface area contributed by atoms with Crippen molar-refractivity contribution < 1.29 is 0 Å². The monoisotopic (exact) mass is 211 g/mol. The minimum absolute atomic E-state index is 0.919. The van der Waals surface area contributed by atoms with Crippen LogP contribution in [0.5, 0.6) is 0 Å². The summed E-state index contributed by atoms with van der Waals surface area (Å²) in [5.41, 5.74) is 5.24. The third kappa shape index (κ3) is 1.13. The standard InChI is InChI=1S/CH2IN5/c2-1(3)4-6-7-5-1/h3H2. The molecule has 0 atom stereocenters. The van der Waals surface area contributed by atoms with E-state index in [0.717, 1.165) is 0 Å². The second-order valence-electron chi connectivity index (χ2n) is 1.02. The summed E-state index contributed by atoms with van der Waals surface area (Å²) in [6.45, 7) is 0. The second kappa shape index (κ2) is 1.44. The summed E-state index contributed by atoms with van der Waals surface area (Å²) in [5, 5.41) is 13.2. The van der Waals surface area contributed by atoms with E-state index in [9.17, 15) is 0 Å². The van der Waals surface area contributed by atoms with Crippen molar-refractivity contribution in [2.75, 3.05) is 0 Å². The first-order chi connectivity index (χ1) is 3.21. The lowest BCUT2D eigenvalue weighted by molar-refractivity contribution is 0.710. The van der Waals surface area contributed by atoms with Crippen molar-refractivity contribution in [2.24, 2.45) is 26.4 Å². The van der Waals surface area contributed by atoms with Crippen LogP contribution in [0.25, 0.3) is 0 Å². The van der Waals surface area contributed by atoms with Gasteiger partial charge >= 0.3 is 0 Å². The van der Waals surface area contributed by atoms with Gasteiger partial charge in [0.15, 0.2) is 0 Å². The van der Waals surface area contributed by atoms with Crippen LogP contribution in [0.4, 0.5) is 0 Å². The zero-order valence-corrected chi connectivity index (χ0v) is 5.40. The number of hydrogen-bond acceptors (Lipinski definition) is 5. The third-order valence-electron chi connectivity index (χ3n) is 0.410. The highest BCUT2D eigenvalue weighted by molar-refractivity contribution is 14.1. The molecule has 7 heavy (non-hydrogen) atoms. The molecule has 1 heterocycles. The number of hydrogen-bond donors (Lipinski definition) is 1. The molecule has 1 aliphatic heterocycles. The van der Waals surface area contributed by atoms with Crippen molar-refractivity contribution in [3.8, 4) is 0 Å². The van der Waals surface area contributed by atoms with Gasteiger partial charge in [0.25, 0.3) is 3.79 Å². The molecule has 0 aromatic rings. The van der Waals surface area contributed by atoms with Gasteiger partial charge in [-0.3, -0.25) is 5.73 Å². The molecule has 0 fully saturated rings. The fraction of sp³-hybridized carbons (Fsp3) is 1.00. The van der Waals surface area contributed by atoms with E-state index in [0.29, 0.717) is 0 Å². The van der Waals surface area contributed by atoms with Gasteiger partial charge in [-0.25, -0.2) is 0 Å². The van der Waals surface area contributed by atoms with Crippen LogP contribution in [0.2, 0.25) is 0 Å². The summed E-state index contributed by atoms with van der Waals surface area (Å²) >= 11 is 1.82. The molecular weight excluding hydrogens is 209 g/mol. The summed E-state index contributed by atoms with van der Waals surface area (Å²) in [5.74, 6) is 0. The summed E-state index contributed by atoms with van der Waals surface area (Å²) in [7, 11) is 0. The van der Waals surface area contributed by atoms with Gasteiger partial charge in [-0.15, -0.1) is 10.2 Å². The van der Waals surface area contributed by atoms with E-state index in [-0.39, 0.29) is 0 Å². The molecule has 0 spiro atoms. The number of rotatable bonds is 0. The van der Waals surface area contributed by atoms with E-state index in [1.807, 2.05) is 22.6 Å². The fourth-order valence-electron chi connectivity index (χ4n) is 0.185. The number of alkyl halides is 1. The number of nitrogens with two attached hydrogens (primary N) is 1. The van der Waals surface area contributed by atoms with Crippen LogP contribution < -0.4 is 5.73 Å². The topological polar surface area (TPSA) is 75.5 Å². The average molecular weight is 211 g/mol. The lowest BCUT2D eigenvalue weighted by Crippen LogP contribution is -2.23.